The third-order valence-corrected chi connectivity index (χ3v) is 5.33. The number of allylic oxidation sites excluding steroid dienone is 1. The average Bonchev–Trinajstić information content (AvgIpc) is 2.82. The second-order valence-electron chi connectivity index (χ2n) is 4.28. The van der Waals surface area contributed by atoms with E-state index < -0.39 is 0 Å². The molecule has 0 amide bonds. The number of aliphatic hydroxyl groups is 1. The molecule has 1 aromatic heterocycles. The average molecular weight is 250 g/mol. The van der Waals surface area contributed by atoms with Crippen molar-refractivity contribution >= 4 is 34.2 Å². The summed E-state index contributed by atoms with van der Waals surface area (Å²) in [5, 5.41) is 9.76. The molecule has 1 unspecified atom stereocenters. The largest absolute Gasteiger partial charge is 0.396 e. The summed E-state index contributed by atoms with van der Waals surface area (Å²) in [6, 6.07) is 2.29. The quantitative estimate of drug-likeness (QED) is 0.864. The van der Waals surface area contributed by atoms with E-state index in [2.05, 4.69) is 26.0 Å². The lowest BCUT2D eigenvalue weighted by Crippen LogP contribution is -1.88. The first-order valence-electron chi connectivity index (χ1n) is 5.54. The third kappa shape index (κ3) is 1.42. The predicted octanol–water partition coefficient (Wildman–Crippen LogP) is 3.68. The van der Waals surface area contributed by atoms with Crippen molar-refractivity contribution in [3.63, 3.8) is 0 Å². The van der Waals surface area contributed by atoms with Gasteiger partial charge in [0.25, 0.3) is 0 Å². The monoisotopic (exact) mass is 250 g/mol. The third-order valence-electron chi connectivity index (χ3n) is 3.01. The molecule has 0 aromatic carbocycles. The molecule has 1 atom stereocenters. The van der Waals surface area contributed by atoms with E-state index in [0.29, 0.717) is 5.25 Å². The van der Waals surface area contributed by atoms with Crippen LogP contribution in [-0.2, 0) is 0 Å². The van der Waals surface area contributed by atoms with Crippen molar-refractivity contribution in [3.05, 3.63) is 32.4 Å². The summed E-state index contributed by atoms with van der Waals surface area (Å²) in [6.07, 6.45) is 3.15. The second kappa shape index (κ2) is 3.76. The van der Waals surface area contributed by atoms with E-state index in [1.165, 1.54) is 31.4 Å². The van der Waals surface area contributed by atoms with Gasteiger partial charge in [0.05, 0.1) is 0 Å². The minimum atomic E-state index is 0.247. The van der Waals surface area contributed by atoms with Crippen LogP contribution in [0.3, 0.4) is 0 Å². The summed E-state index contributed by atoms with van der Waals surface area (Å²) >= 11 is 3.79. The summed E-state index contributed by atoms with van der Waals surface area (Å²) in [5.74, 6) is 0. The first-order chi connectivity index (χ1) is 7.70. The zero-order valence-electron chi connectivity index (χ0n) is 9.41. The minimum absolute atomic E-state index is 0.247. The van der Waals surface area contributed by atoms with E-state index >= 15 is 0 Å². The Kier molecular flexibility index (Phi) is 2.50. The molecule has 0 bridgehead atoms. The summed E-state index contributed by atoms with van der Waals surface area (Å²) in [5.41, 5.74) is 4.19. The second-order valence-corrected chi connectivity index (χ2v) is 6.93. The lowest BCUT2D eigenvalue weighted by atomic mass is 10.1. The van der Waals surface area contributed by atoms with E-state index in [4.69, 9.17) is 0 Å². The molecule has 2 aliphatic rings. The van der Waals surface area contributed by atoms with E-state index in [1.807, 2.05) is 23.1 Å². The van der Waals surface area contributed by atoms with Crippen LogP contribution in [0.5, 0.6) is 0 Å². The Balaban J connectivity index is 2.17. The molecule has 1 aliphatic carbocycles. The van der Waals surface area contributed by atoms with E-state index in [1.54, 1.807) is 0 Å². The van der Waals surface area contributed by atoms with Gasteiger partial charge in [0.1, 0.15) is 0 Å². The van der Waals surface area contributed by atoms with E-state index in [0.717, 1.165) is 6.42 Å². The van der Waals surface area contributed by atoms with Gasteiger partial charge in [-0.15, -0.1) is 23.1 Å². The molecule has 84 valence electrons. The number of hydrogen-bond donors (Lipinski definition) is 1. The Morgan fingerprint density at radius 2 is 2.25 bits per heavy atom. The molecule has 1 aliphatic heterocycles. The van der Waals surface area contributed by atoms with Gasteiger partial charge in [-0.3, -0.25) is 0 Å². The van der Waals surface area contributed by atoms with Gasteiger partial charge in [-0.2, -0.15) is 0 Å². The van der Waals surface area contributed by atoms with E-state index in [9.17, 15) is 5.11 Å². The SMILES string of the molecule is Cc1cc2c(s1)C(CCO)=C1SC(C)C=C12. The molecule has 1 N–H and O–H groups in total. The van der Waals surface area contributed by atoms with Gasteiger partial charge in [0.2, 0.25) is 0 Å². The van der Waals surface area contributed by atoms with Crippen LogP contribution in [0.1, 0.15) is 28.7 Å². The lowest BCUT2D eigenvalue weighted by molar-refractivity contribution is 0.305. The molecule has 0 spiro atoms. The number of thioether (sulfide) groups is 1. The van der Waals surface area contributed by atoms with Crippen molar-refractivity contribution in [1.29, 1.82) is 0 Å². The van der Waals surface area contributed by atoms with E-state index in [-0.39, 0.29) is 6.61 Å². The first kappa shape index (κ1) is 10.6. The number of hydrogen-bond acceptors (Lipinski definition) is 3. The zero-order valence-corrected chi connectivity index (χ0v) is 11.0. The van der Waals surface area contributed by atoms with Crippen LogP contribution in [0, 0.1) is 6.92 Å². The fourth-order valence-corrected chi connectivity index (χ4v) is 4.82. The molecule has 0 saturated heterocycles. The number of rotatable bonds is 2. The molecule has 3 heteroatoms. The number of aliphatic hydroxyl groups excluding tert-OH is 1. The highest BCUT2D eigenvalue weighted by molar-refractivity contribution is 8.05. The van der Waals surface area contributed by atoms with Crippen LogP contribution in [0.2, 0.25) is 0 Å². The normalized spacial score (nSPS) is 22.4. The Morgan fingerprint density at radius 1 is 1.44 bits per heavy atom. The van der Waals surface area contributed by atoms with Crippen molar-refractivity contribution in [2.75, 3.05) is 6.61 Å². The van der Waals surface area contributed by atoms with Gasteiger partial charge in [-0.25, -0.2) is 0 Å². The standard InChI is InChI=1S/C13H14OS2/c1-7-5-10-11-6-8(2)16-13(11)9(3-4-14)12(10)15-7/h5-7,14H,3-4H2,1-2H3. The Hall–Kier alpha value is -0.510. The van der Waals surface area contributed by atoms with Gasteiger partial charge >= 0.3 is 0 Å². The Bertz CT molecular complexity index is 508. The van der Waals surface area contributed by atoms with Crippen molar-refractivity contribution in [1.82, 2.24) is 0 Å². The van der Waals surface area contributed by atoms with Crippen LogP contribution in [-0.4, -0.2) is 17.0 Å². The molecule has 3 rings (SSSR count). The van der Waals surface area contributed by atoms with Crippen LogP contribution < -0.4 is 0 Å². The number of aryl methyl sites for hydroxylation is 1. The molecule has 2 heterocycles. The fraction of sp³-hybridized carbons (Fsp3) is 0.385. The highest BCUT2D eigenvalue weighted by atomic mass is 32.2. The smallest absolute Gasteiger partial charge is 0.0472 e. The van der Waals surface area contributed by atoms with Crippen LogP contribution in [0.15, 0.2) is 17.0 Å². The van der Waals surface area contributed by atoms with Gasteiger partial charge in [0, 0.05) is 32.1 Å². The Labute approximate surface area is 104 Å². The first-order valence-corrected chi connectivity index (χ1v) is 7.24. The number of thiophene rings is 1. The molecule has 0 fully saturated rings. The lowest BCUT2D eigenvalue weighted by Gasteiger charge is -2.04. The predicted molar refractivity (Wildman–Crippen MR) is 72.7 cm³/mol. The zero-order chi connectivity index (χ0) is 11.3. The maximum Gasteiger partial charge on any atom is 0.0472 e. The minimum Gasteiger partial charge on any atom is -0.396 e. The van der Waals surface area contributed by atoms with Crippen molar-refractivity contribution < 1.29 is 5.11 Å². The van der Waals surface area contributed by atoms with Crippen molar-refractivity contribution in [2.24, 2.45) is 0 Å². The van der Waals surface area contributed by atoms with Gasteiger partial charge in [-0.05, 0) is 37.5 Å². The fourth-order valence-electron chi connectivity index (χ4n) is 2.42. The molecule has 16 heavy (non-hydrogen) atoms. The Morgan fingerprint density at radius 3 is 3.00 bits per heavy atom. The van der Waals surface area contributed by atoms with Crippen LogP contribution >= 0.6 is 23.1 Å². The summed E-state index contributed by atoms with van der Waals surface area (Å²) in [6.45, 7) is 4.64. The molecule has 1 nitrogen and oxygen atoms in total. The molecule has 0 radical (unpaired) electrons. The van der Waals surface area contributed by atoms with Gasteiger partial charge in [-0.1, -0.05) is 6.08 Å². The van der Waals surface area contributed by atoms with Crippen LogP contribution in [0.4, 0.5) is 0 Å². The summed E-state index contributed by atoms with van der Waals surface area (Å²) < 4.78 is 0. The van der Waals surface area contributed by atoms with Crippen molar-refractivity contribution in [2.45, 2.75) is 25.5 Å². The van der Waals surface area contributed by atoms with Crippen molar-refractivity contribution in [3.8, 4) is 0 Å². The molecule has 0 saturated carbocycles. The topological polar surface area (TPSA) is 20.2 Å². The summed E-state index contributed by atoms with van der Waals surface area (Å²) in [4.78, 5) is 4.18. The van der Waals surface area contributed by atoms with Gasteiger partial charge in [0.15, 0.2) is 0 Å². The number of fused-ring (bicyclic) bond motifs is 3. The van der Waals surface area contributed by atoms with Crippen LogP contribution in [0.25, 0.3) is 11.1 Å². The molecular formula is C13H14OS2. The highest BCUT2D eigenvalue weighted by Crippen LogP contribution is 2.55. The highest BCUT2D eigenvalue weighted by Gasteiger charge is 2.32. The van der Waals surface area contributed by atoms with Gasteiger partial charge < -0.3 is 5.11 Å². The maximum atomic E-state index is 9.19. The molecular weight excluding hydrogens is 236 g/mol. The maximum absolute atomic E-state index is 9.19. The summed E-state index contributed by atoms with van der Waals surface area (Å²) in [7, 11) is 0. The molecule has 1 aromatic rings.